The van der Waals surface area contributed by atoms with Gasteiger partial charge in [-0.05, 0) is 62.2 Å². The number of hydrogen-bond donors (Lipinski definition) is 2. The van der Waals surface area contributed by atoms with Crippen LogP contribution in [-0.2, 0) is 11.3 Å². The summed E-state index contributed by atoms with van der Waals surface area (Å²) < 4.78 is 0. The average Bonchev–Trinajstić information content (AvgIpc) is 2.81. The zero-order chi connectivity index (χ0) is 23.2. The van der Waals surface area contributed by atoms with E-state index in [1.165, 1.54) is 0 Å². The Labute approximate surface area is 209 Å². The van der Waals surface area contributed by atoms with Crippen LogP contribution in [0.4, 0.5) is 5.69 Å². The number of rotatable bonds is 8. The highest BCUT2D eigenvalue weighted by Gasteiger charge is 2.26. The van der Waals surface area contributed by atoms with Gasteiger partial charge in [0.25, 0.3) is 0 Å². The molecule has 5 nitrogen and oxygen atoms in total. The van der Waals surface area contributed by atoms with Crippen molar-refractivity contribution in [3.8, 4) is 0 Å². The maximum absolute atomic E-state index is 12.7. The molecule has 1 fully saturated rings. The molecule has 1 aliphatic rings. The maximum atomic E-state index is 12.7. The van der Waals surface area contributed by atoms with Crippen LogP contribution in [0.2, 0.25) is 15.1 Å². The summed E-state index contributed by atoms with van der Waals surface area (Å²) in [7, 11) is 0. The average molecular weight is 506 g/mol. The Morgan fingerprint density at radius 3 is 2.73 bits per heavy atom. The van der Waals surface area contributed by atoms with E-state index >= 15 is 0 Å². The fraction of sp³-hybridized carbons (Fsp3) is 0.360. The predicted molar refractivity (Wildman–Crippen MR) is 137 cm³/mol. The highest BCUT2D eigenvalue weighted by Crippen LogP contribution is 2.28. The van der Waals surface area contributed by atoms with Gasteiger partial charge in [-0.3, -0.25) is 14.7 Å². The van der Waals surface area contributed by atoms with E-state index in [0.29, 0.717) is 28.2 Å². The molecule has 1 atom stereocenters. The number of nitrogens with zero attached hydrogens (tertiary/aromatic N) is 2. The number of piperidine rings is 1. The third-order valence-electron chi connectivity index (χ3n) is 5.99. The van der Waals surface area contributed by atoms with E-state index < -0.39 is 0 Å². The molecule has 0 aliphatic carbocycles. The summed E-state index contributed by atoms with van der Waals surface area (Å²) >= 11 is 18.7. The minimum absolute atomic E-state index is 0.0122. The molecule has 1 aliphatic heterocycles. The van der Waals surface area contributed by atoms with Crippen molar-refractivity contribution >= 4 is 57.3 Å². The van der Waals surface area contributed by atoms with Crippen LogP contribution in [0.5, 0.6) is 0 Å². The Morgan fingerprint density at radius 2 is 1.91 bits per heavy atom. The molecular weight excluding hydrogens is 479 g/mol. The highest BCUT2D eigenvalue weighted by molar-refractivity contribution is 6.36. The lowest BCUT2D eigenvalue weighted by Crippen LogP contribution is -2.43. The first-order chi connectivity index (χ1) is 16.0. The van der Waals surface area contributed by atoms with E-state index in [9.17, 15) is 4.79 Å². The number of nitrogens with one attached hydrogen (secondary N) is 2. The predicted octanol–water partition coefficient (Wildman–Crippen LogP) is 6.03. The summed E-state index contributed by atoms with van der Waals surface area (Å²) in [5.74, 6) is 0.107. The van der Waals surface area contributed by atoms with Crippen molar-refractivity contribution in [1.82, 2.24) is 15.2 Å². The number of carbonyl (C=O) groups is 1. The summed E-state index contributed by atoms with van der Waals surface area (Å²) in [6, 6.07) is 13.2. The molecule has 0 spiro atoms. The molecule has 2 aromatic carbocycles. The van der Waals surface area contributed by atoms with Gasteiger partial charge in [0.15, 0.2) is 0 Å². The number of aromatic nitrogens is 1. The van der Waals surface area contributed by atoms with Crippen LogP contribution in [0.15, 0.2) is 48.7 Å². The molecule has 0 radical (unpaired) electrons. The SMILES string of the molecule is O=C(NCCCNc1ccnc2cc(Cl)ccc12)[C@H]1CCCN(Cc2c(Cl)cccc2Cl)C1. The van der Waals surface area contributed by atoms with E-state index in [2.05, 4.69) is 20.5 Å². The lowest BCUT2D eigenvalue weighted by atomic mass is 9.96. The zero-order valence-electron chi connectivity index (χ0n) is 18.3. The summed E-state index contributed by atoms with van der Waals surface area (Å²) in [4.78, 5) is 19.4. The normalized spacial score (nSPS) is 16.6. The van der Waals surface area contributed by atoms with Crippen LogP contribution < -0.4 is 10.6 Å². The van der Waals surface area contributed by atoms with Gasteiger partial charge in [-0.15, -0.1) is 0 Å². The largest absolute Gasteiger partial charge is 0.384 e. The molecule has 174 valence electrons. The van der Waals surface area contributed by atoms with Crippen LogP contribution in [0.25, 0.3) is 10.9 Å². The van der Waals surface area contributed by atoms with Gasteiger partial charge in [-0.1, -0.05) is 40.9 Å². The van der Waals surface area contributed by atoms with E-state index in [1.807, 2.05) is 42.5 Å². The quantitative estimate of drug-likeness (QED) is 0.367. The van der Waals surface area contributed by atoms with Gasteiger partial charge in [0.05, 0.1) is 11.4 Å². The molecule has 0 bridgehead atoms. The fourth-order valence-corrected chi connectivity index (χ4v) is 4.95. The lowest BCUT2D eigenvalue weighted by Gasteiger charge is -2.32. The van der Waals surface area contributed by atoms with Crippen LogP contribution in [0.1, 0.15) is 24.8 Å². The van der Waals surface area contributed by atoms with Gasteiger partial charge in [-0.25, -0.2) is 0 Å². The Hall–Kier alpha value is -2.05. The van der Waals surface area contributed by atoms with Crippen LogP contribution in [-0.4, -0.2) is 42.0 Å². The van der Waals surface area contributed by atoms with Gasteiger partial charge in [-0.2, -0.15) is 0 Å². The second-order valence-corrected chi connectivity index (χ2v) is 9.62. The number of pyridine rings is 1. The van der Waals surface area contributed by atoms with Crippen molar-refractivity contribution in [2.24, 2.45) is 5.92 Å². The molecule has 2 N–H and O–H groups in total. The monoisotopic (exact) mass is 504 g/mol. The molecule has 3 aromatic rings. The Morgan fingerprint density at radius 1 is 1.09 bits per heavy atom. The second-order valence-electron chi connectivity index (χ2n) is 8.37. The topological polar surface area (TPSA) is 57.3 Å². The number of carbonyl (C=O) groups excluding carboxylic acids is 1. The molecule has 1 amide bonds. The molecule has 1 aromatic heterocycles. The minimum Gasteiger partial charge on any atom is -0.384 e. The van der Waals surface area contributed by atoms with Crippen LogP contribution >= 0.6 is 34.8 Å². The lowest BCUT2D eigenvalue weighted by molar-refractivity contribution is -0.126. The first-order valence-corrected chi connectivity index (χ1v) is 12.4. The summed E-state index contributed by atoms with van der Waals surface area (Å²) in [5.41, 5.74) is 2.81. The van der Waals surface area contributed by atoms with Crippen LogP contribution in [0, 0.1) is 5.92 Å². The standard InChI is InChI=1S/C25H27Cl3N4O/c26-18-7-8-19-23(9-12-30-24(19)14-18)29-10-3-11-31-25(33)17-4-2-13-32(15-17)16-20-21(27)5-1-6-22(20)28/h1,5-9,12,14,17H,2-4,10-11,13,15-16H2,(H,29,30)(H,31,33)/t17-/m0/s1. The number of hydrogen-bond acceptors (Lipinski definition) is 4. The Balaban J connectivity index is 1.22. The molecule has 8 heteroatoms. The van der Waals surface area contributed by atoms with E-state index in [0.717, 1.165) is 61.1 Å². The van der Waals surface area contributed by atoms with Gasteiger partial charge < -0.3 is 10.6 Å². The smallest absolute Gasteiger partial charge is 0.224 e. The number of fused-ring (bicyclic) bond motifs is 1. The van der Waals surface area contributed by atoms with E-state index in [1.54, 1.807) is 6.20 Å². The third-order valence-corrected chi connectivity index (χ3v) is 6.94. The number of anilines is 1. The minimum atomic E-state index is -0.0122. The van der Waals surface area contributed by atoms with Crippen molar-refractivity contribution in [2.75, 3.05) is 31.5 Å². The van der Waals surface area contributed by atoms with Crippen molar-refractivity contribution < 1.29 is 4.79 Å². The molecule has 0 unspecified atom stereocenters. The number of halogens is 3. The van der Waals surface area contributed by atoms with Crippen molar-refractivity contribution in [3.63, 3.8) is 0 Å². The Bertz CT molecular complexity index is 1100. The molecular formula is C25H27Cl3N4O. The highest BCUT2D eigenvalue weighted by atomic mass is 35.5. The molecule has 2 heterocycles. The van der Waals surface area contributed by atoms with Crippen molar-refractivity contribution in [3.05, 3.63) is 69.3 Å². The zero-order valence-corrected chi connectivity index (χ0v) is 20.6. The summed E-state index contributed by atoms with van der Waals surface area (Å²) in [6.07, 6.45) is 4.49. The van der Waals surface area contributed by atoms with Crippen LogP contribution in [0.3, 0.4) is 0 Å². The molecule has 1 saturated heterocycles. The number of amides is 1. The third kappa shape index (κ3) is 6.30. The molecule has 4 rings (SSSR count). The second kappa shape index (κ2) is 11.4. The van der Waals surface area contributed by atoms with Gasteiger partial charge >= 0.3 is 0 Å². The summed E-state index contributed by atoms with van der Waals surface area (Å²) in [5, 5.41) is 9.59. The Kier molecular flexibility index (Phi) is 8.31. The van der Waals surface area contributed by atoms with Gasteiger partial charge in [0, 0.05) is 64.1 Å². The summed E-state index contributed by atoms with van der Waals surface area (Å²) in [6.45, 7) is 3.71. The molecule has 0 saturated carbocycles. The van der Waals surface area contributed by atoms with Gasteiger partial charge in [0.1, 0.15) is 0 Å². The fourth-order valence-electron chi connectivity index (χ4n) is 4.26. The number of benzene rings is 2. The van der Waals surface area contributed by atoms with E-state index in [-0.39, 0.29) is 11.8 Å². The van der Waals surface area contributed by atoms with Gasteiger partial charge in [0.2, 0.25) is 5.91 Å². The first kappa shape index (κ1) is 24.1. The first-order valence-electron chi connectivity index (χ1n) is 11.2. The maximum Gasteiger partial charge on any atom is 0.224 e. The van der Waals surface area contributed by atoms with Crippen molar-refractivity contribution in [1.29, 1.82) is 0 Å². The number of likely N-dealkylation sites (tertiary alicyclic amines) is 1. The van der Waals surface area contributed by atoms with E-state index in [4.69, 9.17) is 34.8 Å². The van der Waals surface area contributed by atoms with Crippen molar-refractivity contribution in [2.45, 2.75) is 25.8 Å². The molecule has 33 heavy (non-hydrogen) atoms.